The van der Waals surface area contributed by atoms with Gasteiger partial charge < -0.3 is 20.9 Å². The van der Waals surface area contributed by atoms with Crippen molar-refractivity contribution in [3.8, 4) is 0 Å². The summed E-state index contributed by atoms with van der Waals surface area (Å²) in [7, 11) is 4.56. The number of rotatable bonds is 11. The molecule has 2 atom stereocenters. The molecule has 0 saturated carbocycles. The van der Waals surface area contributed by atoms with Gasteiger partial charge in [0.25, 0.3) is 0 Å². The maximum absolute atomic E-state index is 14.5. The average Bonchev–Trinajstić information content (AvgIpc) is 2.93. The van der Waals surface area contributed by atoms with Crippen molar-refractivity contribution in [2.24, 2.45) is 5.73 Å². The van der Waals surface area contributed by atoms with E-state index < -0.39 is 35.3 Å². The first-order valence-corrected chi connectivity index (χ1v) is 13.3. The number of carbonyl (C=O) groups is 3. The molecule has 8 heteroatoms. The van der Waals surface area contributed by atoms with Gasteiger partial charge in [0, 0.05) is 39.5 Å². The summed E-state index contributed by atoms with van der Waals surface area (Å²) in [4.78, 5) is 42.8. The van der Waals surface area contributed by atoms with E-state index in [0.717, 1.165) is 16.3 Å². The normalized spacial score (nSPS) is 13.2. The number of amides is 3. The predicted octanol–water partition coefficient (Wildman–Crippen LogP) is 3.85. The fourth-order valence-corrected chi connectivity index (χ4v) is 4.55. The van der Waals surface area contributed by atoms with Crippen LogP contribution in [-0.2, 0) is 27.2 Å². The molecule has 40 heavy (non-hydrogen) atoms. The topological polar surface area (TPSA) is 95.7 Å². The zero-order chi connectivity index (χ0) is 29.4. The molecule has 7 nitrogen and oxygen atoms in total. The van der Waals surface area contributed by atoms with Crippen molar-refractivity contribution >= 4 is 28.5 Å². The smallest absolute Gasteiger partial charge is 0.246 e. The lowest BCUT2D eigenvalue weighted by Crippen LogP contribution is -2.55. The monoisotopic (exact) mass is 546 g/mol. The third-order valence-corrected chi connectivity index (χ3v) is 6.98. The molecule has 0 heterocycles. The Hall–Kier alpha value is -4.04. The van der Waals surface area contributed by atoms with Gasteiger partial charge in [-0.1, -0.05) is 66.7 Å². The number of carbonyl (C=O) groups excluding carboxylic acids is 3. The number of halogens is 1. The minimum Gasteiger partial charge on any atom is -0.357 e. The van der Waals surface area contributed by atoms with Gasteiger partial charge in [-0.3, -0.25) is 14.4 Å². The second-order valence-corrected chi connectivity index (χ2v) is 10.8. The Morgan fingerprint density at radius 2 is 1.57 bits per heavy atom. The van der Waals surface area contributed by atoms with Crippen molar-refractivity contribution in [2.75, 3.05) is 21.1 Å². The van der Waals surface area contributed by atoms with E-state index in [1.807, 2.05) is 56.3 Å². The number of hydrogen-bond acceptors (Lipinski definition) is 4. The van der Waals surface area contributed by atoms with Gasteiger partial charge in [-0.15, -0.1) is 0 Å². The Kier molecular flexibility index (Phi) is 10.2. The summed E-state index contributed by atoms with van der Waals surface area (Å²) in [5, 5.41) is 4.66. The molecule has 0 radical (unpaired) electrons. The van der Waals surface area contributed by atoms with Crippen LogP contribution >= 0.6 is 0 Å². The van der Waals surface area contributed by atoms with Crippen molar-refractivity contribution < 1.29 is 18.8 Å². The highest BCUT2D eigenvalue weighted by atomic mass is 19.1. The lowest BCUT2D eigenvalue weighted by atomic mass is 9.98. The van der Waals surface area contributed by atoms with Crippen molar-refractivity contribution in [1.82, 2.24) is 15.1 Å². The summed E-state index contributed by atoms with van der Waals surface area (Å²) in [6.07, 6.45) is 3.82. The number of nitrogens with zero attached hydrogens (tertiary/aromatic N) is 2. The van der Waals surface area contributed by atoms with E-state index in [4.69, 9.17) is 5.73 Å². The summed E-state index contributed by atoms with van der Waals surface area (Å²) in [6.45, 7) is 3.72. The SMILES string of the molecule is CNC(=O)[C@H](Cc1ccccc1F)N(C)C(=O)C(Cc1ccc2ccccc2c1)N(C)C(=O)C=CCC(C)(C)N. The number of likely N-dealkylation sites (N-methyl/N-ethyl adjacent to an activating group) is 3. The molecule has 0 fully saturated rings. The van der Waals surface area contributed by atoms with Crippen LogP contribution in [0, 0.1) is 5.82 Å². The number of hydrogen-bond donors (Lipinski definition) is 2. The van der Waals surface area contributed by atoms with Gasteiger partial charge in [0.15, 0.2) is 0 Å². The molecule has 0 aliphatic carbocycles. The molecule has 0 spiro atoms. The first kappa shape index (κ1) is 30.5. The molecular weight excluding hydrogens is 507 g/mol. The standard InChI is InChI=1S/C32H39FN4O3/c1-32(2,34)18-10-15-29(38)36(4)28(20-22-16-17-23-11-6-7-12-24(23)19-22)31(40)37(5)27(30(39)35-3)21-25-13-8-9-14-26(25)33/h6-17,19,27-28H,18,20-21,34H2,1-5H3,(H,35,39)/t27-,28?/m0/s1. The molecule has 0 aliphatic rings. The van der Waals surface area contributed by atoms with Gasteiger partial charge in [0.05, 0.1) is 0 Å². The summed E-state index contributed by atoms with van der Waals surface area (Å²) in [6, 6.07) is 18.1. The molecule has 3 aromatic carbocycles. The number of benzene rings is 3. The van der Waals surface area contributed by atoms with E-state index in [2.05, 4.69) is 5.32 Å². The average molecular weight is 547 g/mol. The van der Waals surface area contributed by atoms with Crippen molar-refractivity contribution in [3.63, 3.8) is 0 Å². The Morgan fingerprint density at radius 3 is 2.23 bits per heavy atom. The molecule has 0 saturated heterocycles. The highest BCUT2D eigenvalue weighted by Gasteiger charge is 2.35. The fourth-order valence-electron chi connectivity index (χ4n) is 4.55. The highest BCUT2D eigenvalue weighted by Crippen LogP contribution is 2.20. The molecule has 1 unspecified atom stereocenters. The zero-order valence-electron chi connectivity index (χ0n) is 23.9. The number of fused-ring (bicyclic) bond motifs is 1. The molecular formula is C32H39FN4O3. The minimum absolute atomic E-state index is 0.0135. The molecule has 0 bridgehead atoms. The highest BCUT2D eigenvalue weighted by molar-refractivity contribution is 5.95. The summed E-state index contributed by atoms with van der Waals surface area (Å²) < 4.78 is 14.5. The van der Waals surface area contributed by atoms with E-state index in [1.165, 1.54) is 36.0 Å². The van der Waals surface area contributed by atoms with Crippen LogP contribution in [0.5, 0.6) is 0 Å². The Labute approximate surface area is 235 Å². The first-order valence-electron chi connectivity index (χ1n) is 13.3. The van der Waals surface area contributed by atoms with Crippen molar-refractivity contribution in [1.29, 1.82) is 0 Å². The van der Waals surface area contributed by atoms with E-state index in [9.17, 15) is 18.8 Å². The summed E-state index contributed by atoms with van der Waals surface area (Å²) in [5.74, 6) is -1.67. The lowest BCUT2D eigenvalue weighted by molar-refractivity contribution is -0.146. The summed E-state index contributed by atoms with van der Waals surface area (Å²) in [5.41, 5.74) is 6.74. The van der Waals surface area contributed by atoms with Gasteiger partial charge in [0.1, 0.15) is 17.9 Å². The van der Waals surface area contributed by atoms with Crippen molar-refractivity contribution in [2.45, 2.75) is 50.7 Å². The number of nitrogens with one attached hydrogen (secondary N) is 1. The molecule has 0 aromatic heterocycles. The van der Waals surface area contributed by atoms with Crippen LogP contribution in [0.4, 0.5) is 4.39 Å². The first-order chi connectivity index (χ1) is 18.9. The van der Waals surface area contributed by atoms with E-state index in [0.29, 0.717) is 12.0 Å². The quantitative estimate of drug-likeness (QED) is 0.357. The van der Waals surface area contributed by atoms with Crippen molar-refractivity contribution in [3.05, 3.63) is 95.8 Å². The van der Waals surface area contributed by atoms with Crippen LogP contribution in [0.1, 0.15) is 31.4 Å². The summed E-state index contributed by atoms with van der Waals surface area (Å²) >= 11 is 0. The molecule has 0 aliphatic heterocycles. The van der Waals surface area contributed by atoms with E-state index in [1.54, 1.807) is 31.3 Å². The predicted molar refractivity (Wildman–Crippen MR) is 157 cm³/mol. The van der Waals surface area contributed by atoms with Crippen LogP contribution < -0.4 is 11.1 Å². The van der Waals surface area contributed by atoms with Gasteiger partial charge in [-0.25, -0.2) is 4.39 Å². The van der Waals surface area contributed by atoms with Crippen LogP contribution in [0.3, 0.4) is 0 Å². The number of nitrogens with two attached hydrogens (primary N) is 1. The Bertz CT molecular complexity index is 1380. The van der Waals surface area contributed by atoms with Gasteiger partial charge in [0.2, 0.25) is 17.7 Å². The maximum Gasteiger partial charge on any atom is 0.246 e. The van der Waals surface area contributed by atoms with E-state index in [-0.39, 0.29) is 18.7 Å². The molecule has 3 N–H and O–H groups in total. The Balaban J connectivity index is 1.95. The van der Waals surface area contributed by atoms with Gasteiger partial charge in [-0.2, -0.15) is 0 Å². The molecule has 3 aromatic rings. The van der Waals surface area contributed by atoms with E-state index >= 15 is 0 Å². The minimum atomic E-state index is -0.981. The second kappa shape index (κ2) is 13.3. The largest absolute Gasteiger partial charge is 0.357 e. The maximum atomic E-state index is 14.5. The van der Waals surface area contributed by atoms with Crippen LogP contribution in [0.2, 0.25) is 0 Å². The molecule has 3 rings (SSSR count). The fraction of sp³-hybridized carbons (Fsp3) is 0.344. The van der Waals surface area contributed by atoms with Gasteiger partial charge in [-0.05, 0) is 54.3 Å². The molecule has 3 amide bonds. The van der Waals surface area contributed by atoms with Gasteiger partial charge >= 0.3 is 0 Å². The zero-order valence-corrected chi connectivity index (χ0v) is 23.9. The second-order valence-electron chi connectivity index (χ2n) is 10.8. The lowest BCUT2D eigenvalue weighted by Gasteiger charge is -2.34. The Morgan fingerprint density at radius 1 is 0.925 bits per heavy atom. The molecule has 212 valence electrons. The van der Waals surface area contributed by atoms with Crippen LogP contribution in [0.25, 0.3) is 10.8 Å². The van der Waals surface area contributed by atoms with Crippen LogP contribution in [0.15, 0.2) is 78.9 Å². The third kappa shape index (κ3) is 7.99. The van der Waals surface area contributed by atoms with Crippen LogP contribution in [-0.4, -0.2) is 66.3 Å². The third-order valence-electron chi connectivity index (χ3n) is 6.98.